The van der Waals surface area contributed by atoms with Gasteiger partial charge in [0.2, 0.25) is 5.91 Å². The number of hydrogen-bond donors (Lipinski definition) is 2. The highest BCUT2D eigenvalue weighted by Crippen LogP contribution is 2.19. The molecule has 1 atom stereocenters. The molecule has 1 aromatic rings. The summed E-state index contributed by atoms with van der Waals surface area (Å²) in [5.41, 5.74) is 1.38. The van der Waals surface area contributed by atoms with E-state index in [-0.39, 0.29) is 24.2 Å². The fourth-order valence-electron chi connectivity index (χ4n) is 2.55. The number of hydrogen-bond acceptors (Lipinski definition) is 3. The van der Waals surface area contributed by atoms with Gasteiger partial charge in [0.15, 0.2) is 0 Å². The number of amides is 2. The van der Waals surface area contributed by atoms with E-state index < -0.39 is 0 Å². The molecule has 1 fully saturated rings. The molecule has 0 radical (unpaired) electrons. The van der Waals surface area contributed by atoms with E-state index in [0.29, 0.717) is 17.2 Å². The smallest absolute Gasteiger partial charge is 0.253 e. The fraction of sp³-hybridized carbons (Fsp3) is 0.467. The Bertz CT molecular complexity index is 490. The second-order valence-electron chi connectivity index (χ2n) is 5.22. The van der Waals surface area contributed by atoms with E-state index in [1.54, 1.807) is 24.3 Å². The first-order valence-electron chi connectivity index (χ1n) is 6.91. The van der Waals surface area contributed by atoms with Crippen molar-refractivity contribution in [1.29, 1.82) is 0 Å². The molecule has 2 rings (SSSR count). The van der Waals surface area contributed by atoms with Crippen LogP contribution in [0, 0.1) is 5.92 Å². The maximum Gasteiger partial charge on any atom is 0.253 e. The molecule has 6 heteroatoms. The van der Waals surface area contributed by atoms with E-state index in [2.05, 4.69) is 10.6 Å². The average Bonchev–Trinajstić information content (AvgIpc) is 2.87. The third kappa shape index (κ3) is 4.72. The van der Waals surface area contributed by atoms with Gasteiger partial charge in [-0.3, -0.25) is 9.59 Å². The number of likely N-dealkylation sites (tertiary alicyclic amines) is 1. The summed E-state index contributed by atoms with van der Waals surface area (Å²) in [6, 6.07) is 7.05. The van der Waals surface area contributed by atoms with Gasteiger partial charge in [0.05, 0.1) is 0 Å². The molecule has 1 unspecified atom stereocenters. The van der Waals surface area contributed by atoms with E-state index in [9.17, 15) is 9.59 Å². The molecule has 5 nitrogen and oxygen atoms in total. The summed E-state index contributed by atoms with van der Waals surface area (Å²) in [7, 11) is 1.94. The van der Waals surface area contributed by atoms with Gasteiger partial charge in [-0.2, -0.15) is 0 Å². The summed E-state index contributed by atoms with van der Waals surface area (Å²) in [5.74, 6) is 0.499. The highest BCUT2D eigenvalue weighted by molar-refractivity contribution is 5.95. The lowest BCUT2D eigenvalue weighted by molar-refractivity contribution is -0.114. The molecule has 1 heterocycles. The third-order valence-electron chi connectivity index (χ3n) is 3.52. The Balaban J connectivity index is 0.00000220. The minimum absolute atomic E-state index is 0. The molecule has 0 spiro atoms. The van der Waals surface area contributed by atoms with Crippen molar-refractivity contribution in [2.45, 2.75) is 13.3 Å². The van der Waals surface area contributed by atoms with Crippen LogP contribution in [0.3, 0.4) is 0 Å². The first kappa shape index (κ1) is 17.5. The largest absolute Gasteiger partial charge is 0.338 e. The van der Waals surface area contributed by atoms with Gasteiger partial charge in [-0.15, -0.1) is 12.4 Å². The Morgan fingerprint density at radius 3 is 2.52 bits per heavy atom. The minimum Gasteiger partial charge on any atom is -0.338 e. The van der Waals surface area contributed by atoms with Crippen molar-refractivity contribution in [2.75, 3.05) is 32.0 Å². The number of carbonyl (C=O) groups excluding carboxylic acids is 2. The van der Waals surface area contributed by atoms with Gasteiger partial charge in [-0.05, 0) is 50.2 Å². The summed E-state index contributed by atoms with van der Waals surface area (Å²) < 4.78 is 0. The van der Waals surface area contributed by atoms with Crippen LogP contribution in [0.5, 0.6) is 0 Å². The van der Waals surface area contributed by atoms with E-state index >= 15 is 0 Å². The molecule has 21 heavy (non-hydrogen) atoms. The quantitative estimate of drug-likeness (QED) is 0.890. The molecule has 0 aliphatic carbocycles. The maximum absolute atomic E-state index is 12.3. The van der Waals surface area contributed by atoms with Crippen LogP contribution in [0.2, 0.25) is 0 Å². The van der Waals surface area contributed by atoms with Crippen LogP contribution in [0.25, 0.3) is 0 Å². The SMILES string of the molecule is CNCC1CCN(C(=O)c2ccc(NC(C)=O)cc2)C1.Cl. The van der Waals surface area contributed by atoms with Crippen LogP contribution in [0.4, 0.5) is 5.69 Å². The molecule has 116 valence electrons. The van der Waals surface area contributed by atoms with Crippen molar-refractivity contribution >= 4 is 29.9 Å². The number of anilines is 1. The summed E-state index contributed by atoms with van der Waals surface area (Å²) >= 11 is 0. The van der Waals surface area contributed by atoms with E-state index in [1.807, 2.05) is 11.9 Å². The highest BCUT2D eigenvalue weighted by Gasteiger charge is 2.26. The number of nitrogens with one attached hydrogen (secondary N) is 2. The predicted octanol–water partition coefficient (Wildman–Crippen LogP) is 1.75. The zero-order valence-corrected chi connectivity index (χ0v) is 13.2. The van der Waals surface area contributed by atoms with Crippen molar-refractivity contribution < 1.29 is 9.59 Å². The van der Waals surface area contributed by atoms with Gasteiger partial charge in [0.25, 0.3) is 5.91 Å². The summed E-state index contributed by atoms with van der Waals surface area (Å²) in [6.07, 6.45) is 1.05. The Morgan fingerprint density at radius 1 is 1.29 bits per heavy atom. The van der Waals surface area contributed by atoms with Crippen LogP contribution in [0.15, 0.2) is 24.3 Å². The van der Waals surface area contributed by atoms with Crippen molar-refractivity contribution in [1.82, 2.24) is 10.2 Å². The zero-order valence-electron chi connectivity index (χ0n) is 12.4. The Hall–Kier alpha value is -1.59. The number of rotatable bonds is 4. The molecule has 1 aliphatic heterocycles. The van der Waals surface area contributed by atoms with Gasteiger partial charge in [0.1, 0.15) is 0 Å². The van der Waals surface area contributed by atoms with Crippen LogP contribution in [-0.2, 0) is 4.79 Å². The standard InChI is InChI=1S/C15H21N3O2.ClH/c1-11(19)17-14-5-3-13(4-6-14)15(20)18-8-7-12(10-18)9-16-2;/h3-6,12,16H,7-10H2,1-2H3,(H,17,19);1H. The van der Waals surface area contributed by atoms with Crippen molar-refractivity contribution in [3.8, 4) is 0 Å². The van der Waals surface area contributed by atoms with Crippen LogP contribution in [-0.4, -0.2) is 43.4 Å². The van der Waals surface area contributed by atoms with Crippen LogP contribution < -0.4 is 10.6 Å². The summed E-state index contributed by atoms with van der Waals surface area (Å²) in [5, 5.41) is 5.85. The Kier molecular flexibility index (Phi) is 6.65. The first-order chi connectivity index (χ1) is 9.60. The second-order valence-corrected chi connectivity index (χ2v) is 5.22. The lowest BCUT2D eigenvalue weighted by atomic mass is 10.1. The van der Waals surface area contributed by atoms with Crippen molar-refractivity contribution in [3.05, 3.63) is 29.8 Å². The average molecular weight is 312 g/mol. The lowest BCUT2D eigenvalue weighted by Gasteiger charge is -2.17. The van der Waals surface area contributed by atoms with Gasteiger partial charge in [-0.25, -0.2) is 0 Å². The van der Waals surface area contributed by atoms with Gasteiger partial charge >= 0.3 is 0 Å². The Labute approximate surface area is 131 Å². The molecular formula is C15H22ClN3O2. The molecule has 1 aromatic carbocycles. The second kappa shape index (κ2) is 8.00. The van der Waals surface area contributed by atoms with Gasteiger partial charge in [0, 0.05) is 31.3 Å². The lowest BCUT2D eigenvalue weighted by Crippen LogP contribution is -2.30. The highest BCUT2D eigenvalue weighted by atomic mass is 35.5. The predicted molar refractivity (Wildman–Crippen MR) is 85.9 cm³/mol. The Morgan fingerprint density at radius 2 is 1.95 bits per heavy atom. The molecule has 0 bridgehead atoms. The molecular weight excluding hydrogens is 290 g/mol. The normalized spacial score (nSPS) is 17.2. The number of carbonyl (C=O) groups is 2. The van der Waals surface area contributed by atoms with Crippen LogP contribution >= 0.6 is 12.4 Å². The van der Waals surface area contributed by atoms with Crippen molar-refractivity contribution in [2.24, 2.45) is 5.92 Å². The monoisotopic (exact) mass is 311 g/mol. The summed E-state index contributed by atoms with van der Waals surface area (Å²) in [4.78, 5) is 25.2. The molecule has 1 saturated heterocycles. The van der Waals surface area contributed by atoms with Gasteiger partial charge < -0.3 is 15.5 Å². The number of benzene rings is 1. The van der Waals surface area contributed by atoms with E-state index in [0.717, 1.165) is 26.1 Å². The molecule has 1 aliphatic rings. The molecule has 2 N–H and O–H groups in total. The van der Waals surface area contributed by atoms with Crippen molar-refractivity contribution in [3.63, 3.8) is 0 Å². The topological polar surface area (TPSA) is 61.4 Å². The fourth-order valence-corrected chi connectivity index (χ4v) is 2.55. The third-order valence-corrected chi connectivity index (χ3v) is 3.52. The van der Waals surface area contributed by atoms with Gasteiger partial charge in [-0.1, -0.05) is 0 Å². The van der Waals surface area contributed by atoms with E-state index in [4.69, 9.17) is 0 Å². The molecule has 0 saturated carbocycles. The number of nitrogens with zero attached hydrogens (tertiary/aromatic N) is 1. The number of halogens is 1. The first-order valence-corrected chi connectivity index (χ1v) is 6.91. The van der Waals surface area contributed by atoms with Crippen LogP contribution in [0.1, 0.15) is 23.7 Å². The molecule has 0 aromatic heterocycles. The zero-order chi connectivity index (χ0) is 14.5. The maximum atomic E-state index is 12.3. The minimum atomic E-state index is -0.112. The molecule has 2 amide bonds. The summed E-state index contributed by atoms with van der Waals surface area (Å²) in [6.45, 7) is 4.04. The van der Waals surface area contributed by atoms with E-state index in [1.165, 1.54) is 6.92 Å².